The molecule has 22 heavy (non-hydrogen) atoms. The van der Waals surface area contributed by atoms with E-state index in [9.17, 15) is 9.59 Å². The number of hydrogen-bond donors (Lipinski definition) is 2. The number of nitrogens with zero attached hydrogens (tertiary/aromatic N) is 1. The molecular formula is C16H29N3O3. The van der Waals surface area contributed by atoms with E-state index in [2.05, 4.69) is 10.6 Å². The molecular weight excluding hydrogens is 282 g/mol. The summed E-state index contributed by atoms with van der Waals surface area (Å²) in [5, 5.41) is 5.34. The van der Waals surface area contributed by atoms with Crippen molar-refractivity contribution in [2.24, 2.45) is 0 Å². The van der Waals surface area contributed by atoms with Gasteiger partial charge in [0, 0.05) is 19.1 Å². The molecule has 1 saturated heterocycles. The highest BCUT2D eigenvalue weighted by Crippen LogP contribution is 2.20. The third-order valence-corrected chi connectivity index (χ3v) is 4.20. The van der Waals surface area contributed by atoms with Crippen molar-refractivity contribution in [2.45, 2.75) is 70.6 Å². The Morgan fingerprint density at radius 3 is 2.55 bits per heavy atom. The molecule has 2 fully saturated rings. The van der Waals surface area contributed by atoms with Crippen LogP contribution in [0.3, 0.4) is 0 Å². The maximum Gasteiger partial charge on any atom is 0.321 e. The first-order valence-electron chi connectivity index (χ1n) is 8.34. The van der Waals surface area contributed by atoms with E-state index in [1.165, 1.54) is 6.42 Å². The summed E-state index contributed by atoms with van der Waals surface area (Å²) in [6.45, 7) is 7.67. The zero-order chi connectivity index (χ0) is 16.2. The van der Waals surface area contributed by atoms with Crippen LogP contribution in [0.15, 0.2) is 0 Å². The van der Waals surface area contributed by atoms with Gasteiger partial charge in [-0.2, -0.15) is 0 Å². The molecule has 126 valence electrons. The minimum atomic E-state index is -0.363. The Labute approximate surface area is 132 Å². The lowest BCUT2D eigenvalue weighted by molar-refractivity contribution is -0.138. The van der Waals surface area contributed by atoms with Crippen molar-refractivity contribution in [3.05, 3.63) is 0 Å². The van der Waals surface area contributed by atoms with Gasteiger partial charge in [-0.05, 0) is 33.6 Å². The van der Waals surface area contributed by atoms with Crippen LogP contribution in [0.4, 0.5) is 4.79 Å². The molecule has 0 bridgehead atoms. The van der Waals surface area contributed by atoms with Crippen molar-refractivity contribution < 1.29 is 14.3 Å². The highest BCUT2D eigenvalue weighted by atomic mass is 16.5. The average molecular weight is 311 g/mol. The number of amides is 3. The number of nitrogens with one attached hydrogen (secondary N) is 2. The largest absolute Gasteiger partial charge is 0.370 e. The van der Waals surface area contributed by atoms with Gasteiger partial charge >= 0.3 is 6.03 Å². The fourth-order valence-electron chi connectivity index (χ4n) is 3.54. The van der Waals surface area contributed by atoms with Gasteiger partial charge in [0.1, 0.15) is 0 Å². The Morgan fingerprint density at radius 1 is 1.23 bits per heavy atom. The summed E-state index contributed by atoms with van der Waals surface area (Å²) in [7, 11) is 0. The van der Waals surface area contributed by atoms with Crippen molar-refractivity contribution in [3.63, 3.8) is 0 Å². The van der Waals surface area contributed by atoms with E-state index in [-0.39, 0.29) is 36.2 Å². The van der Waals surface area contributed by atoms with Gasteiger partial charge in [-0.15, -0.1) is 0 Å². The summed E-state index contributed by atoms with van der Waals surface area (Å²) < 4.78 is 5.81. The molecule has 0 aromatic rings. The normalized spacial score (nSPS) is 26.4. The first-order chi connectivity index (χ1) is 10.3. The summed E-state index contributed by atoms with van der Waals surface area (Å²) in [4.78, 5) is 25.9. The molecule has 1 saturated carbocycles. The maximum atomic E-state index is 12.0. The second-order valence-electron chi connectivity index (χ2n) is 7.21. The Kier molecular flexibility index (Phi) is 5.81. The van der Waals surface area contributed by atoms with Gasteiger partial charge in [-0.1, -0.05) is 19.3 Å². The predicted octanol–water partition coefficient (Wildman–Crippen LogP) is 1.64. The second-order valence-corrected chi connectivity index (χ2v) is 7.21. The molecule has 1 aliphatic heterocycles. The topological polar surface area (TPSA) is 70.7 Å². The number of urea groups is 1. The summed E-state index contributed by atoms with van der Waals surface area (Å²) in [5.74, 6) is -0.252. The average Bonchev–Trinajstić information content (AvgIpc) is 2.36. The summed E-state index contributed by atoms with van der Waals surface area (Å²) in [5.41, 5.74) is -0.262. The smallest absolute Gasteiger partial charge is 0.321 e. The zero-order valence-electron chi connectivity index (χ0n) is 14.0. The van der Waals surface area contributed by atoms with Crippen LogP contribution in [-0.4, -0.2) is 54.2 Å². The molecule has 0 radical (unpaired) electrons. The van der Waals surface area contributed by atoms with E-state index in [1.54, 1.807) is 0 Å². The fraction of sp³-hybridized carbons (Fsp3) is 0.875. The van der Waals surface area contributed by atoms with Crippen LogP contribution >= 0.6 is 0 Å². The fourth-order valence-corrected chi connectivity index (χ4v) is 3.54. The van der Waals surface area contributed by atoms with Gasteiger partial charge in [0.2, 0.25) is 5.91 Å². The standard InChI is InChI=1S/C16H29N3O3/c1-12-9-19(11-16(2,3)22-12)10-14(20)18-15(21)17-13-7-5-4-6-8-13/h12-13H,4-11H2,1-3H3,(H2,17,18,20,21). The van der Waals surface area contributed by atoms with Crippen LogP contribution in [0.1, 0.15) is 52.9 Å². The number of carbonyl (C=O) groups is 2. The Balaban J connectivity index is 1.73. The van der Waals surface area contributed by atoms with Gasteiger partial charge in [-0.25, -0.2) is 4.79 Å². The van der Waals surface area contributed by atoms with E-state index < -0.39 is 0 Å². The molecule has 2 aliphatic rings. The third-order valence-electron chi connectivity index (χ3n) is 4.20. The minimum Gasteiger partial charge on any atom is -0.370 e. The van der Waals surface area contributed by atoms with Crippen molar-refractivity contribution in [3.8, 4) is 0 Å². The predicted molar refractivity (Wildman–Crippen MR) is 84.6 cm³/mol. The highest BCUT2D eigenvalue weighted by Gasteiger charge is 2.32. The molecule has 2 N–H and O–H groups in total. The Morgan fingerprint density at radius 2 is 1.91 bits per heavy atom. The van der Waals surface area contributed by atoms with Crippen LogP contribution in [0.5, 0.6) is 0 Å². The number of imide groups is 1. The van der Waals surface area contributed by atoms with Gasteiger partial charge in [-0.3, -0.25) is 15.0 Å². The minimum absolute atomic E-state index is 0.0904. The van der Waals surface area contributed by atoms with Crippen molar-refractivity contribution >= 4 is 11.9 Å². The maximum absolute atomic E-state index is 12.0. The lowest BCUT2D eigenvalue weighted by Gasteiger charge is -2.41. The molecule has 6 nitrogen and oxygen atoms in total. The van der Waals surface area contributed by atoms with E-state index >= 15 is 0 Å². The third kappa shape index (κ3) is 5.57. The lowest BCUT2D eigenvalue weighted by atomic mass is 9.96. The molecule has 1 atom stereocenters. The van der Waals surface area contributed by atoms with Crippen LogP contribution < -0.4 is 10.6 Å². The quantitative estimate of drug-likeness (QED) is 0.831. The van der Waals surface area contributed by atoms with Crippen molar-refractivity contribution in [1.29, 1.82) is 0 Å². The molecule has 1 unspecified atom stereocenters. The zero-order valence-corrected chi connectivity index (χ0v) is 14.0. The molecule has 2 rings (SSSR count). The Hall–Kier alpha value is -1.14. The first-order valence-corrected chi connectivity index (χ1v) is 8.34. The van der Waals surface area contributed by atoms with Gasteiger partial charge in [0.15, 0.2) is 0 Å². The summed E-state index contributed by atoms with van der Waals surface area (Å²) >= 11 is 0. The van der Waals surface area contributed by atoms with E-state index in [0.717, 1.165) is 25.7 Å². The second kappa shape index (κ2) is 7.42. The van der Waals surface area contributed by atoms with Crippen LogP contribution in [0, 0.1) is 0 Å². The van der Waals surface area contributed by atoms with E-state index in [0.29, 0.717) is 13.1 Å². The van der Waals surface area contributed by atoms with Crippen molar-refractivity contribution in [2.75, 3.05) is 19.6 Å². The SMILES string of the molecule is CC1CN(CC(=O)NC(=O)NC2CCCCC2)CC(C)(C)O1. The van der Waals surface area contributed by atoms with Crippen LogP contribution in [0.2, 0.25) is 0 Å². The monoisotopic (exact) mass is 311 g/mol. The number of carbonyl (C=O) groups excluding carboxylic acids is 2. The number of hydrogen-bond acceptors (Lipinski definition) is 4. The van der Waals surface area contributed by atoms with Crippen LogP contribution in [0.25, 0.3) is 0 Å². The lowest BCUT2D eigenvalue weighted by Crippen LogP contribution is -2.55. The van der Waals surface area contributed by atoms with Gasteiger partial charge in [0.05, 0.1) is 18.2 Å². The highest BCUT2D eigenvalue weighted by molar-refractivity contribution is 5.95. The molecule has 1 aliphatic carbocycles. The number of morpholine rings is 1. The molecule has 6 heteroatoms. The van der Waals surface area contributed by atoms with Gasteiger partial charge in [0.25, 0.3) is 0 Å². The first kappa shape index (κ1) is 17.2. The molecule has 0 spiro atoms. The summed E-state index contributed by atoms with van der Waals surface area (Å²) in [6.07, 6.45) is 5.66. The van der Waals surface area contributed by atoms with Crippen molar-refractivity contribution in [1.82, 2.24) is 15.5 Å². The van der Waals surface area contributed by atoms with E-state index in [1.807, 2.05) is 25.7 Å². The van der Waals surface area contributed by atoms with Gasteiger partial charge < -0.3 is 10.1 Å². The van der Waals surface area contributed by atoms with E-state index in [4.69, 9.17) is 4.74 Å². The molecule has 3 amide bonds. The number of rotatable bonds is 3. The number of ether oxygens (including phenoxy) is 1. The molecule has 0 aromatic carbocycles. The Bertz CT molecular complexity index is 405. The molecule has 1 heterocycles. The molecule has 0 aromatic heterocycles. The van der Waals surface area contributed by atoms with Crippen LogP contribution in [-0.2, 0) is 9.53 Å². The summed E-state index contributed by atoms with van der Waals surface area (Å²) in [6, 6.07) is -0.152.